The highest BCUT2D eigenvalue weighted by molar-refractivity contribution is 5.26. The molecule has 1 aromatic carbocycles. The number of aliphatic hydroxyl groups is 2. The van der Waals surface area contributed by atoms with Crippen LogP contribution in [0.5, 0.6) is 0 Å². The van der Waals surface area contributed by atoms with Gasteiger partial charge in [-0.15, -0.1) is 0 Å². The van der Waals surface area contributed by atoms with Gasteiger partial charge in [-0.05, 0) is 11.5 Å². The van der Waals surface area contributed by atoms with Crippen molar-refractivity contribution in [1.29, 1.82) is 0 Å². The number of aliphatic hydroxyl groups excluding tert-OH is 2. The molecule has 1 atom stereocenters. The maximum atomic E-state index is 9.57. The molecule has 0 amide bonds. The summed E-state index contributed by atoms with van der Waals surface area (Å²) in [4.78, 5) is 0. The van der Waals surface area contributed by atoms with Gasteiger partial charge in [0.2, 0.25) is 0 Å². The van der Waals surface area contributed by atoms with Crippen LogP contribution in [-0.4, -0.2) is 23.4 Å². The molecule has 0 aliphatic heterocycles. The largest absolute Gasteiger partial charge is 0.395 e. The Balaban J connectivity index is 3.11. The van der Waals surface area contributed by atoms with E-state index in [-0.39, 0.29) is 19.1 Å². The molecule has 0 aliphatic rings. The van der Waals surface area contributed by atoms with Gasteiger partial charge in [0, 0.05) is 5.41 Å². The Morgan fingerprint density at radius 2 is 1.67 bits per heavy atom. The summed E-state index contributed by atoms with van der Waals surface area (Å²) < 4.78 is 0. The highest BCUT2D eigenvalue weighted by atomic mass is 16.3. The smallest absolute Gasteiger partial charge is 0.0552 e. The molecule has 2 heteroatoms. The summed E-state index contributed by atoms with van der Waals surface area (Å²) in [5, 5.41) is 19.1. The van der Waals surface area contributed by atoms with E-state index in [2.05, 4.69) is 13.8 Å². The Bertz CT molecular complexity index is 278. The van der Waals surface area contributed by atoms with Crippen LogP contribution >= 0.6 is 0 Å². The van der Waals surface area contributed by atoms with Crippen molar-refractivity contribution in [3.63, 3.8) is 0 Å². The molecular formula is C13H20O2. The van der Waals surface area contributed by atoms with Crippen LogP contribution in [0.4, 0.5) is 0 Å². The molecule has 0 saturated heterocycles. The van der Waals surface area contributed by atoms with Crippen LogP contribution in [0, 0.1) is 5.92 Å². The highest BCUT2D eigenvalue weighted by Crippen LogP contribution is 2.33. The monoisotopic (exact) mass is 208 g/mol. The molecule has 2 nitrogen and oxygen atoms in total. The summed E-state index contributed by atoms with van der Waals surface area (Å²) in [6, 6.07) is 9.77. The fourth-order valence-electron chi connectivity index (χ4n) is 1.99. The summed E-state index contributed by atoms with van der Waals surface area (Å²) in [5.41, 5.74) is 0.514. The van der Waals surface area contributed by atoms with Gasteiger partial charge in [-0.1, -0.05) is 50.6 Å². The normalized spacial score (nSPS) is 13.9. The minimum atomic E-state index is -0.504. The molecular weight excluding hydrogens is 188 g/mol. The van der Waals surface area contributed by atoms with Crippen LogP contribution in [0.15, 0.2) is 30.3 Å². The summed E-state index contributed by atoms with van der Waals surface area (Å²) in [6.45, 7) is 4.12. The van der Waals surface area contributed by atoms with E-state index in [1.165, 1.54) is 0 Å². The molecule has 2 N–H and O–H groups in total. The van der Waals surface area contributed by atoms with Gasteiger partial charge in [-0.2, -0.15) is 0 Å². The van der Waals surface area contributed by atoms with Crippen LogP contribution in [-0.2, 0) is 5.41 Å². The molecule has 0 spiro atoms. The van der Waals surface area contributed by atoms with E-state index in [4.69, 9.17) is 0 Å². The van der Waals surface area contributed by atoms with Crippen molar-refractivity contribution in [3.8, 4) is 0 Å². The van der Waals surface area contributed by atoms with E-state index in [9.17, 15) is 10.2 Å². The zero-order valence-electron chi connectivity index (χ0n) is 9.48. The fourth-order valence-corrected chi connectivity index (χ4v) is 1.99. The van der Waals surface area contributed by atoms with Gasteiger partial charge in [0.1, 0.15) is 0 Å². The lowest BCUT2D eigenvalue weighted by Gasteiger charge is -2.36. The van der Waals surface area contributed by atoms with Gasteiger partial charge < -0.3 is 10.2 Å². The Morgan fingerprint density at radius 3 is 2.07 bits per heavy atom. The van der Waals surface area contributed by atoms with Crippen LogP contribution in [0.1, 0.15) is 25.8 Å². The number of benzene rings is 1. The standard InChI is InChI=1S/C13H20O2/c1-3-11(2)13(9-14,10-15)12-7-5-4-6-8-12/h4-8,11,14-15H,3,9-10H2,1-2H3. The molecule has 0 bridgehead atoms. The SMILES string of the molecule is CCC(C)C(CO)(CO)c1ccccc1. The summed E-state index contributed by atoms with van der Waals surface area (Å²) in [5.74, 6) is 0.259. The quantitative estimate of drug-likeness (QED) is 0.776. The Kier molecular flexibility index (Phi) is 4.30. The lowest BCUT2D eigenvalue weighted by Crippen LogP contribution is -2.41. The van der Waals surface area contributed by atoms with Gasteiger partial charge in [0.25, 0.3) is 0 Å². The molecule has 1 unspecified atom stereocenters. The van der Waals surface area contributed by atoms with Crippen LogP contribution < -0.4 is 0 Å². The van der Waals surface area contributed by atoms with E-state index in [0.29, 0.717) is 0 Å². The minimum absolute atomic E-state index is 0.0114. The van der Waals surface area contributed by atoms with Crippen molar-refractivity contribution in [1.82, 2.24) is 0 Å². The van der Waals surface area contributed by atoms with Crippen molar-refractivity contribution < 1.29 is 10.2 Å². The first kappa shape index (κ1) is 12.2. The topological polar surface area (TPSA) is 40.5 Å². The Labute approximate surface area is 91.6 Å². The van der Waals surface area contributed by atoms with Crippen LogP contribution in [0.2, 0.25) is 0 Å². The molecule has 0 radical (unpaired) electrons. The van der Waals surface area contributed by atoms with E-state index in [1.54, 1.807) is 0 Å². The van der Waals surface area contributed by atoms with Gasteiger partial charge in [0.05, 0.1) is 13.2 Å². The fraction of sp³-hybridized carbons (Fsp3) is 0.538. The summed E-state index contributed by atoms with van der Waals surface area (Å²) >= 11 is 0. The second-order valence-corrected chi connectivity index (χ2v) is 4.15. The van der Waals surface area contributed by atoms with E-state index in [0.717, 1.165) is 12.0 Å². The summed E-state index contributed by atoms with van der Waals surface area (Å²) in [7, 11) is 0. The zero-order chi connectivity index (χ0) is 11.3. The van der Waals surface area contributed by atoms with Gasteiger partial charge in [-0.3, -0.25) is 0 Å². The molecule has 0 saturated carbocycles. The van der Waals surface area contributed by atoms with Gasteiger partial charge in [-0.25, -0.2) is 0 Å². The first-order valence-corrected chi connectivity index (χ1v) is 5.48. The average Bonchev–Trinajstić information content (AvgIpc) is 2.32. The third kappa shape index (κ3) is 2.21. The zero-order valence-corrected chi connectivity index (χ0v) is 9.48. The van der Waals surface area contributed by atoms with Crippen LogP contribution in [0.25, 0.3) is 0 Å². The molecule has 0 aromatic heterocycles. The molecule has 84 valence electrons. The summed E-state index contributed by atoms with van der Waals surface area (Å²) in [6.07, 6.45) is 0.940. The number of hydrogen-bond donors (Lipinski definition) is 2. The second-order valence-electron chi connectivity index (χ2n) is 4.15. The van der Waals surface area contributed by atoms with Crippen molar-refractivity contribution in [2.45, 2.75) is 25.7 Å². The molecule has 1 rings (SSSR count). The molecule has 0 aliphatic carbocycles. The van der Waals surface area contributed by atoms with E-state index < -0.39 is 5.41 Å². The molecule has 15 heavy (non-hydrogen) atoms. The predicted molar refractivity (Wildman–Crippen MR) is 61.7 cm³/mol. The first-order chi connectivity index (χ1) is 7.21. The third-order valence-corrected chi connectivity index (χ3v) is 3.47. The van der Waals surface area contributed by atoms with Crippen molar-refractivity contribution in [3.05, 3.63) is 35.9 Å². The van der Waals surface area contributed by atoms with Crippen molar-refractivity contribution in [2.75, 3.05) is 13.2 Å². The van der Waals surface area contributed by atoms with Crippen molar-refractivity contribution in [2.24, 2.45) is 5.92 Å². The number of rotatable bonds is 5. The third-order valence-electron chi connectivity index (χ3n) is 3.47. The Morgan fingerprint density at radius 1 is 1.13 bits per heavy atom. The molecule has 0 fully saturated rings. The average molecular weight is 208 g/mol. The van der Waals surface area contributed by atoms with Crippen LogP contribution in [0.3, 0.4) is 0 Å². The maximum absolute atomic E-state index is 9.57. The van der Waals surface area contributed by atoms with Gasteiger partial charge in [0.15, 0.2) is 0 Å². The maximum Gasteiger partial charge on any atom is 0.0552 e. The predicted octanol–water partition coefficient (Wildman–Crippen LogP) is 1.96. The molecule has 1 aromatic rings. The lowest BCUT2D eigenvalue weighted by atomic mass is 9.71. The minimum Gasteiger partial charge on any atom is -0.395 e. The second kappa shape index (κ2) is 5.29. The highest BCUT2D eigenvalue weighted by Gasteiger charge is 2.35. The first-order valence-electron chi connectivity index (χ1n) is 5.48. The number of hydrogen-bond acceptors (Lipinski definition) is 2. The van der Waals surface area contributed by atoms with E-state index in [1.807, 2.05) is 30.3 Å². The lowest BCUT2D eigenvalue weighted by molar-refractivity contribution is 0.0736. The van der Waals surface area contributed by atoms with E-state index >= 15 is 0 Å². The van der Waals surface area contributed by atoms with Gasteiger partial charge >= 0.3 is 0 Å². The molecule has 0 heterocycles. The van der Waals surface area contributed by atoms with Crippen molar-refractivity contribution >= 4 is 0 Å². The Hall–Kier alpha value is -0.860.